The van der Waals surface area contributed by atoms with Crippen molar-refractivity contribution in [2.75, 3.05) is 6.61 Å². The van der Waals surface area contributed by atoms with Crippen molar-refractivity contribution in [3.8, 4) is 28.0 Å². The normalized spacial score (nSPS) is 10.9. The van der Waals surface area contributed by atoms with E-state index in [0.717, 1.165) is 34.4 Å². The van der Waals surface area contributed by atoms with E-state index in [4.69, 9.17) is 32.5 Å². The largest absolute Gasteiger partial charge is 0.493 e. The zero-order chi connectivity index (χ0) is 24.7. The van der Waals surface area contributed by atoms with Crippen molar-refractivity contribution in [1.82, 2.24) is 10.1 Å². The highest BCUT2D eigenvalue weighted by Gasteiger charge is 2.12. The average Bonchev–Trinajstić information content (AvgIpc) is 3.36. The first-order chi connectivity index (χ1) is 17.7. The van der Waals surface area contributed by atoms with Gasteiger partial charge in [0.15, 0.2) is 5.82 Å². The van der Waals surface area contributed by atoms with Crippen LogP contribution in [0.15, 0.2) is 102 Å². The average molecular weight is 515 g/mol. The van der Waals surface area contributed by atoms with Gasteiger partial charge in [0.1, 0.15) is 5.75 Å². The van der Waals surface area contributed by atoms with E-state index in [1.54, 1.807) is 12.1 Å². The van der Waals surface area contributed by atoms with Gasteiger partial charge in [-0.2, -0.15) is 4.98 Å². The van der Waals surface area contributed by atoms with Crippen molar-refractivity contribution in [2.45, 2.75) is 19.3 Å². The Kier molecular flexibility index (Phi) is 7.65. The molecule has 0 unspecified atom stereocenters. The lowest BCUT2D eigenvalue weighted by Gasteiger charge is -2.14. The third-order valence-electron chi connectivity index (χ3n) is 5.84. The summed E-state index contributed by atoms with van der Waals surface area (Å²) in [5.41, 5.74) is 5.42. The minimum absolute atomic E-state index is 0.490. The Morgan fingerprint density at radius 3 is 2.25 bits per heavy atom. The Labute approximate surface area is 220 Å². The molecule has 0 aliphatic carbocycles. The smallest absolute Gasteiger partial charge is 0.226 e. The van der Waals surface area contributed by atoms with Crippen LogP contribution in [0.5, 0.6) is 5.75 Å². The lowest BCUT2D eigenvalue weighted by Crippen LogP contribution is -2.01. The summed E-state index contributed by atoms with van der Waals surface area (Å²) in [7, 11) is 0. The molecule has 0 radical (unpaired) electrons. The molecule has 4 nitrogen and oxygen atoms in total. The van der Waals surface area contributed by atoms with Crippen LogP contribution in [0.2, 0.25) is 10.0 Å². The number of aromatic nitrogens is 2. The topological polar surface area (TPSA) is 48.2 Å². The SMILES string of the molecule is Clc1ccc(Cc2noc(CCCOc3ccc(-c4ccccc4)cc3-c3ccccc3)n2)c(Cl)c1. The zero-order valence-electron chi connectivity index (χ0n) is 19.5. The summed E-state index contributed by atoms with van der Waals surface area (Å²) in [6.07, 6.45) is 1.87. The number of halogens is 2. The molecule has 0 N–H and O–H groups in total. The molecule has 1 heterocycles. The molecule has 0 aliphatic heterocycles. The highest BCUT2D eigenvalue weighted by Crippen LogP contribution is 2.34. The van der Waals surface area contributed by atoms with Crippen LogP contribution in [0, 0.1) is 0 Å². The van der Waals surface area contributed by atoms with Gasteiger partial charge in [-0.1, -0.05) is 101 Å². The first-order valence-corrected chi connectivity index (χ1v) is 12.5. The van der Waals surface area contributed by atoms with E-state index in [1.165, 1.54) is 5.56 Å². The number of hydrogen-bond donors (Lipinski definition) is 0. The van der Waals surface area contributed by atoms with Crippen molar-refractivity contribution in [3.05, 3.63) is 124 Å². The van der Waals surface area contributed by atoms with Gasteiger partial charge >= 0.3 is 0 Å². The fraction of sp³-hybridized carbons (Fsp3) is 0.133. The lowest BCUT2D eigenvalue weighted by atomic mass is 9.98. The Balaban J connectivity index is 1.23. The van der Waals surface area contributed by atoms with Crippen LogP contribution in [0.25, 0.3) is 22.3 Å². The molecular weight excluding hydrogens is 491 g/mol. The van der Waals surface area contributed by atoms with E-state index < -0.39 is 0 Å². The highest BCUT2D eigenvalue weighted by atomic mass is 35.5. The van der Waals surface area contributed by atoms with Gasteiger partial charge in [-0.05, 0) is 52.9 Å². The lowest BCUT2D eigenvalue weighted by molar-refractivity contribution is 0.299. The summed E-state index contributed by atoms with van der Waals surface area (Å²) in [5.74, 6) is 2.03. The van der Waals surface area contributed by atoms with Gasteiger partial charge in [0.05, 0.1) is 6.61 Å². The second kappa shape index (κ2) is 11.4. The Morgan fingerprint density at radius 1 is 0.750 bits per heavy atom. The van der Waals surface area contributed by atoms with Crippen molar-refractivity contribution in [3.63, 3.8) is 0 Å². The molecule has 0 fully saturated rings. The fourth-order valence-electron chi connectivity index (χ4n) is 4.01. The van der Waals surface area contributed by atoms with E-state index in [9.17, 15) is 0 Å². The van der Waals surface area contributed by atoms with Crippen molar-refractivity contribution in [1.29, 1.82) is 0 Å². The zero-order valence-corrected chi connectivity index (χ0v) is 21.0. The molecule has 6 heteroatoms. The van der Waals surface area contributed by atoms with E-state index in [0.29, 0.717) is 41.2 Å². The van der Waals surface area contributed by atoms with Crippen LogP contribution in [0.1, 0.15) is 23.7 Å². The molecule has 36 heavy (non-hydrogen) atoms. The Hall–Kier alpha value is -3.60. The van der Waals surface area contributed by atoms with Crippen molar-refractivity contribution >= 4 is 23.2 Å². The minimum Gasteiger partial charge on any atom is -0.493 e. The maximum atomic E-state index is 6.26. The predicted octanol–water partition coefficient (Wildman–Crippen LogP) is 8.31. The van der Waals surface area contributed by atoms with Gasteiger partial charge in [-0.3, -0.25) is 0 Å². The van der Waals surface area contributed by atoms with Crippen molar-refractivity contribution < 1.29 is 9.26 Å². The first-order valence-electron chi connectivity index (χ1n) is 11.8. The summed E-state index contributed by atoms with van der Waals surface area (Å²) in [6.45, 7) is 0.533. The molecule has 5 rings (SSSR count). The predicted molar refractivity (Wildman–Crippen MR) is 145 cm³/mol. The molecular formula is C30H24Cl2N2O2. The highest BCUT2D eigenvalue weighted by molar-refractivity contribution is 6.35. The summed E-state index contributed by atoms with van der Waals surface area (Å²) in [5, 5.41) is 5.28. The molecule has 0 aliphatic rings. The molecule has 0 amide bonds. The molecule has 0 spiro atoms. The monoisotopic (exact) mass is 514 g/mol. The van der Waals surface area contributed by atoms with E-state index in [1.807, 2.05) is 36.4 Å². The van der Waals surface area contributed by atoms with Crippen molar-refractivity contribution in [2.24, 2.45) is 0 Å². The van der Waals surface area contributed by atoms with Gasteiger partial charge in [0, 0.05) is 28.5 Å². The van der Waals surface area contributed by atoms with E-state index in [-0.39, 0.29) is 0 Å². The van der Waals surface area contributed by atoms with Gasteiger partial charge in [-0.15, -0.1) is 0 Å². The number of ether oxygens (including phenoxy) is 1. The van der Waals surface area contributed by atoms with Gasteiger partial charge < -0.3 is 9.26 Å². The van der Waals surface area contributed by atoms with Gasteiger partial charge in [0.25, 0.3) is 0 Å². The molecule has 0 atom stereocenters. The molecule has 5 aromatic rings. The summed E-state index contributed by atoms with van der Waals surface area (Å²) >= 11 is 12.2. The number of nitrogens with zero attached hydrogens (tertiary/aromatic N) is 2. The molecule has 4 aromatic carbocycles. The van der Waals surface area contributed by atoms with Crippen LogP contribution in [-0.2, 0) is 12.8 Å². The third-order valence-corrected chi connectivity index (χ3v) is 6.42. The molecule has 180 valence electrons. The standard InChI is InChI=1S/C30H24Cl2N2O2/c31-25-15-13-24(27(32)20-25)19-29-33-30(36-34-29)12-7-17-35-28-16-14-23(21-8-3-1-4-9-21)18-26(28)22-10-5-2-6-11-22/h1-6,8-11,13-16,18,20H,7,12,17,19H2. The Morgan fingerprint density at radius 2 is 1.50 bits per heavy atom. The van der Waals surface area contributed by atoms with Crippen LogP contribution in [0.4, 0.5) is 0 Å². The minimum atomic E-state index is 0.490. The van der Waals surface area contributed by atoms with E-state index >= 15 is 0 Å². The van der Waals surface area contributed by atoms with Gasteiger partial charge in [-0.25, -0.2) is 0 Å². The molecule has 1 aromatic heterocycles. The quantitative estimate of drug-likeness (QED) is 0.185. The third kappa shape index (κ3) is 5.96. The second-order valence-electron chi connectivity index (χ2n) is 8.41. The van der Waals surface area contributed by atoms with E-state index in [2.05, 4.69) is 58.7 Å². The maximum absolute atomic E-state index is 6.26. The summed E-state index contributed by atoms with van der Waals surface area (Å²) in [6, 6.07) is 32.4. The molecule has 0 saturated heterocycles. The first kappa shape index (κ1) is 24.1. The number of benzene rings is 4. The van der Waals surface area contributed by atoms with Crippen LogP contribution in [-0.4, -0.2) is 16.7 Å². The number of rotatable bonds is 9. The summed E-state index contributed by atoms with van der Waals surface area (Å²) in [4.78, 5) is 4.50. The van der Waals surface area contributed by atoms with Gasteiger partial charge in [0.2, 0.25) is 5.89 Å². The Bertz CT molecular complexity index is 1440. The molecule has 0 bridgehead atoms. The van der Waals surface area contributed by atoms with Crippen LogP contribution < -0.4 is 4.74 Å². The summed E-state index contributed by atoms with van der Waals surface area (Å²) < 4.78 is 11.6. The second-order valence-corrected chi connectivity index (χ2v) is 9.26. The number of aryl methyl sites for hydroxylation is 1. The fourth-order valence-corrected chi connectivity index (χ4v) is 4.49. The number of hydrogen-bond acceptors (Lipinski definition) is 4. The van der Waals surface area contributed by atoms with Crippen LogP contribution >= 0.6 is 23.2 Å². The molecule has 0 saturated carbocycles. The van der Waals surface area contributed by atoms with Crippen LogP contribution in [0.3, 0.4) is 0 Å². The maximum Gasteiger partial charge on any atom is 0.226 e.